The molecule has 0 saturated carbocycles. The number of carbonyl (C=O) groups excluding carboxylic acids is 1. The number of rotatable bonds is 6. The minimum absolute atomic E-state index is 0.0742. The predicted octanol–water partition coefficient (Wildman–Crippen LogP) is 2.59. The second kappa shape index (κ2) is 7.64. The first-order valence-corrected chi connectivity index (χ1v) is 9.28. The van der Waals surface area contributed by atoms with Gasteiger partial charge in [-0.05, 0) is 56.2 Å². The van der Waals surface area contributed by atoms with Crippen LogP contribution in [-0.2, 0) is 17.8 Å². The van der Waals surface area contributed by atoms with Crippen LogP contribution in [0.2, 0.25) is 0 Å². The SMILES string of the molecule is Cc1cc(C)n(-c2ccc(CCNC(=O)Cn3nnc4ccccc43)cc2)n1. The van der Waals surface area contributed by atoms with Crippen LogP contribution in [0.5, 0.6) is 0 Å². The summed E-state index contributed by atoms with van der Waals surface area (Å²) in [7, 11) is 0. The Labute approximate surface area is 163 Å². The molecule has 0 atom stereocenters. The second-order valence-corrected chi connectivity index (χ2v) is 6.84. The van der Waals surface area contributed by atoms with Gasteiger partial charge in [0.15, 0.2) is 0 Å². The van der Waals surface area contributed by atoms with Gasteiger partial charge in [0.05, 0.1) is 16.9 Å². The van der Waals surface area contributed by atoms with Crippen LogP contribution in [0.25, 0.3) is 16.7 Å². The van der Waals surface area contributed by atoms with Crippen LogP contribution in [0.4, 0.5) is 0 Å². The highest BCUT2D eigenvalue weighted by Gasteiger charge is 2.08. The summed E-state index contributed by atoms with van der Waals surface area (Å²) in [4.78, 5) is 12.2. The maximum Gasteiger partial charge on any atom is 0.241 e. The van der Waals surface area contributed by atoms with Gasteiger partial charge in [-0.15, -0.1) is 5.10 Å². The van der Waals surface area contributed by atoms with Crippen LogP contribution in [-0.4, -0.2) is 37.2 Å². The van der Waals surface area contributed by atoms with Crippen LogP contribution >= 0.6 is 0 Å². The Kier molecular flexibility index (Phi) is 4.89. The molecule has 0 saturated heterocycles. The Morgan fingerprint density at radius 1 is 1.07 bits per heavy atom. The van der Waals surface area contributed by atoms with Gasteiger partial charge in [0, 0.05) is 12.2 Å². The van der Waals surface area contributed by atoms with Gasteiger partial charge >= 0.3 is 0 Å². The van der Waals surface area contributed by atoms with Gasteiger partial charge in [0.25, 0.3) is 0 Å². The van der Waals surface area contributed by atoms with Gasteiger partial charge in [-0.3, -0.25) is 4.79 Å². The van der Waals surface area contributed by atoms with E-state index < -0.39 is 0 Å². The number of para-hydroxylation sites is 1. The van der Waals surface area contributed by atoms with E-state index in [4.69, 9.17) is 0 Å². The Morgan fingerprint density at radius 3 is 2.61 bits per heavy atom. The summed E-state index contributed by atoms with van der Waals surface area (Å²) in [5.41, 5.74) is 5.96. The lowest BCUT2D eigenvalue weighted by molar-refractivity contribution is -0.121. The summed E-state index contributed by atoms with van der Waals surface area (Å²) in [5, 5.41) is 15.6. The number of fused-ring (bicyclic) bond motifs is 1. The van der Waals surface area contributed by atoms with Crippen molar-refractivity contribution in [3.8, 4) is 5.69 Å². The third kappa shape index (κ3) is 3.78. The van der Waals surface area contributed by atoms with Crippen LogP contribution < -0.4 is 5.32 Å². The summed E-state index contributed by atoms with van der Waals surface area (Å²) in [5.74, 6) is -0.0742. The van der Waals surface area contributed by atoms with Crippen LogP contribution in [0, 0.1) is 13.8 Å². The van der Waals surface area contributed by atoms with Crippen molar-refractivity contribution in [2.45, 2.75) is 26.8 Å². The maximum absolute atomic E-state index is 12.2. The zero-order valence-electron chi connectivity index (χ0n) is 16.0. The Hall–Kier alpha value is -3.48. The number of nitrogens with one attached hydrogen (secondary N) is 1. The minimum atomic E-state index is -0.0742. The molecule has 4 rings (SSSR count). The number of hydrogen-bond donors (Lipinski definition) is 1. The molecule has 2 aromatic heterocycles. The van der Waals surface area contributed by atoms with Gasteiger partial charge < -0.3 is 5.32 Å². The molecule has 0 aliphatic carbocycles. The molecular weight excluding hydrogens is 352 g/mol. The van der Waals surface area contributed by atoms with Crippen molar-refractivity contribution in [2.75, 3.05) is 6.54 Å². The van der Waals surface area contributed by atoms with Crippen molar-refractivity contribution in [1.82, 2.24) is 30.1 Å². The van der Waals surface area contributed by atoms with E-state index in [0.29, 0.717) is 6.54 Å². The van der Waals surface area contributed by atoms with E-state index in [-0.39, 0.29) is 12.5 Å². The molecule has 1 N–H and O–H groups in total. The van der Waals surface area contributed by atoms with Gasteiger partial charge in [-0.2, -0.15) is 5.10 Å². The van der Waals surface area contributed by atoms with Crippen molar-refractivity contribution in [3.05, 3.63) is 71.5 Å². The Bertz CT molecular complexity index is 1110. The number of nitrogens with zero attached hydrogens (tertiary/aromatic N) is 5. The van der Waals surface area contributed by atoms with Crippen LogP contribution in [0.1, 0.15) is 17.0 Å². The molecule has 7 nitrogen and oxygen atoms in total. The molecule has 2 heterocycles. The molecule has 7 heteroatoms. The van der Waals surface area contributed by atoms with E-state index in [2.05, 4.69) is 51.1 Å². The van der Waals surface area contributed by atoms with E-state index in [1.165, 1.54) is 0 Å². The molecule has 1 amide bonds. The lowest BCUT2D eigenvalue weighted by atomic mass is 10.1. The average Bonchev–Trinajstić information content (AvgIpc) is 3.25. The number of amides is 1. The van der Waals surface area contributed by atoms with E-state index in [0.717, 1.165) is 40.1 Å². The second-order valence-electron chi connectivity index (χ2n) is 6.84. The summed E-state index contributed by atoms with van der Waals surface area (Å²) in [6.07, 6.45) is 0.765. The molecule has 28 heavy (non-hydrogen) atoms. The lowest BCUT2D eigenvalue weighted by Gasteiger charge is -2.08. The number of benzene rings is 2. The van der Waals surface area contributed by atoms with Crippen LogP contribution in [0.15, 0.2) is 54.6 Å². The molecule has 142 valence electrons. The quantitative estimate of drug-likeness (QED) is 0.563. The van der Waals surface area contributed by atoms with Gasteiger partial charge in [-0.1, -0.05) is 29.5 Å². The molecule has 0 bridgehead atoms. The van der Waals surface area contributed by atoms with Crippen molar-refractivity contribution < 1.29 is 4.79 Å². The molecule has 0 radical (unpaired) electrons. The molecule has 2 aromatic carbocycles. The fourth-order valence-electron chi connectivity index (χ4n) is 3.27. The van der Waals surface area contributed by atoms with E-state index >= 15 is 0 Å². The zero-order chi connectivity index (χ0) is 19.5. The predicted molar refractivity (Wildman–Crippen MR) is 107 cm³/mol. The third-order valence-corrected chi connectivity index (χ3v) is 4.64. The summed E-state index contributed by atoms with van der Waals surface area (Å²) in [6.45, 7) is 4.77. The topological polar surface area (TPSA) is 77.6 Å². The Morgan fingerprint density at radius 2 is 1.86 bits per heavy atom. The highest BCUT2D eigenvalue weighted by molar-refractivity contribution is 5.79. The van der Waals surface area contributed by atoms with Gasteiger partial charge in [-0.25, -0.2) is 9.36 Å². The molecule has 0 aliphatic heterocycles. The average molecular weight is 374 g/mol. The van der Waals surface area contributed by atoms with Gasteiger partial charge in [0.2, 0.25) is 5.91 Å². The van der Waals surface area contributed by atoms with Crippen LogP contribution in [0.3, 0.4) is 0 Å². The number of carbonyl (C=O) groups is 1. The zero-order valence-corrected chi connectivity index (χ0v) is 16.0. The largest absolute Gasteiger partial charge is 0.354 e. The third-order valence-electron chi connectivity index (χ3n) is 4.64. The molecule has 0 unspecified atom stereocenters. The van der Waals surface area contributed by atoms with Crippen molar-refractivity contribution >= 4 is 16.9 Å². The summed E-state index contributed by atoms with van der Waals surface area (Å²) in [6, 6.07) is 17.9. The molecule has 4 aromatic rings. The molecule has 0 fully saturated rings. The van der Waals surface area contributed by atoms with Crippen molar-refractivity contribution in [1.29, 1.82) is 0 Å². The minimum Gasteiger partial charge on any atom is -0.354 e. The monoisotopic (exact) mass is 374 g/mol. The standard InChI is InChI=1S/C21H22N6O/c1-15-13-16(2)27(24-15)18-9-7-17(8-10-18)11-12-22-21(28)14-26-20-6-4-3-5-19(20)23-25-26/h3-10,13H,11-12,14H2,1-2H3,(H,22,28). The van der Waals surface area contributed by atoms with Gasteiger partial charge in [0.1, 0.15) is 12.1 Å². The highest BCUT2D eigenvalue weighted by atomic mass is 16.2. The fourth-order valence-corrected chi connectivity index (χ4v) is 3.27. The smallest absolute Gasteiger partial charge is 0.241 e. The maximum atomic E-state index is 12.2. The Balaban J connectivity index is 1.31. The molecule has 0 aliphatic rings. The molecule has 0 spiro atoms. The number of aromatic nitrogens is 5. The van der Waals surface area contributed by atoms with E-state index in [1.54, 1.807) is 4.68 Å². The van der Waals surface area contributed by atoms with E-state index in [9.17, 15) is 4.79 Å². The summed E-state index contributed by atoms with van der Waals surface area (Å²) < 4.78 is 3.55. The first-order chi connectivity index (χ1) is 13.6. The highest BCUT2D eigenvalue weighted by Crippen LogP contribution is 2.13. The first-order valence-electron chi connectivity index (χ1n) is 9.28. The molecular formula is C21H22N6O. The lowest BCUT2D eigenvalue weighted by Crippen LogP contribution is -2.29. The van der Waals surface area contributed by atoms with Crippen molar-refractivity contribution in [3.63, 3.8) is 0 Å². The normalized spacial score (nSPS) is 11.1. The number of aryl methyl sites for hydroxylation is 2. The van der Waals surface area contributed by atoms with E-state index in [1.807, 2.05) is 42.8 Å². The summed E-state index contributed by atoms with van der Waals surface area (Å²) >= 11 is 0. The fraction of sp³-hybridized carbons (Fsp3) is 0.238. The number of hydrogen-bond acceptors (Lipinski definition) is 4. The van der Waals surface area contributed by atoms with Crippen molar-refractivity contribution in [2.24, 2.45) is 0 Å². The first kappa shape index (κ1) is 17.9.